The first-order valence-electron chi connectivity index (χ1n) is 4.80. The fourth-order valence-corrected chi connectivity index (χ4v) is 1.11. The number of rotatable bonds is 3. The molecule has 1 atom stereocenters. The van der Waals surface area contributed by atoms with Gasteiger partial charge < -0.3 is 11.1 Å². The van der Waals surface area contributed by atoms with Gasteiger partial charge in [-0.15, -0.1) is 6.42 Å². The van der Waals surface area contributed by atoms with Crippen LogP contribution >= 0.6 is 0 Å². The minimum Gasteiger partial charge on any atom is -0.325 e. The smallest absolute Gasteiger partial charge is 0.241 e. The molecule has 0 saturated carbocycles. The van der Waals surface area contributed by atoms with Gasteiger partial charge >= 0.3 is 0 Å². The highest BCUT2D eigenvalue weighted by molar-refractivity contribution is 5.94. The molecule has 78 valence electrons. The molecule has 0 aliphatic heterocycles. The molecule has 0 aliphatic rings. The van der Waals surface area contributed by atoms with Crippen molar-refractivity contribution in [1.82, 2.24) is 0 Å². The van der Waals surface area contributed by atoms with E-state index >= 15 is 0 Å². The Morgan fingerprint density at radius 2 is 2.40 bits per heavy atom. The van der Waals surface area contributed by atoms with Gasteiger partial charge in [0.25, 0.3) is 0 Å². The Morgan fingerprint density at radius 1 is 1.67 bits per heavy atom. The second-order valence-corrected chi connectivity index (χ2v) is 3.23. The maximum Gasteiger partial charge on any atom is 0.241 e. The summed E-state index contributed by atoms with van der Waals surface area (Å²) >= 11 is 0. The topological polar surface area (TPSA) is 55.1 Å². The van der Waals surface area contributed by atoms with Gasteiger partial charge in [0.05, 0.1) is 6.04 Å². The number of nitrogens with two attached hydrogens (primary N) is 1. The maximum absolute atomic E-state index is 11.5. The van der Waals surface area contributed by atoms with E-state index in [1.54, 1.807) is 24.3 Å². The molecular formula is C12H14N2O. The van der Waals surface area contributed by atoms with Crippen molar-refractivity contribution in [3.8, 4) is 12.3 Å². The van der Waals surface area contributed by atoms with Crippen LogP contribution in [0, 0.1) is 12.3 Å². The van der Waals surface area contributed by atoms with E-state index in [4.69, 9.17) is 12.2 Å². The van der Waals surface area contributed by atoms with Gasteiger partial charge in [0.15, 0.2) is 0 Å². The summed E-state index contributed by atoms with van der Waals surface area (Å²) in [7, 11) is 0. The highest BCUT2D eigenvalue weighted by Gasteiger charge is 2.10. The van der Waals surface area contributed by atoms with E-state index in [2.05, 4.69) is 11.2 Å². The van der Waals surface area contributed by atoms with Gasteiger partial charge in [0, 0.05) is 11.3 Å². The second-order valence-electron chi connectivity index (χ2n) is 3.23. The minimum atomic E-state index is -0.473. The van der Waals surface area contributed by atoms with E-state index in [1.807, 2.05) is 6.92 Å². The molecule has 1 aromatic rings. The number of carbonyl (C=O) groups excluding carboxylic acids is 1. The molecule has 0 fully saturated rings. The molecule has 0 aromatic heterocycles. The van der Waals surface area contributed by atoms with Crippen LogP contribution < -0.4 is 11.1 Å². The van der Waals surface area contributed by atoms with E-state index in [0.717, 1.165) is 5.56 Å². The molecule has 15 heavy (non-hydrogen) atoms. The van der Waals surface area contributed by atoms with E-state index in [9.17, 15) is 4.79 Å². The van der Waals surface area contributed by atoms with Crippen molar-refractivity contribution in [2.24, 2.45) is 5.73 Å². The zero-order valence-electron chi connectivity index (χ0n) is 8.66. The number of anilines is 1. The molecule has 0 heterocycles. The van der Waals surface area contributed by atoms with Gasteiger partial charge in [-0.2, -0.15) is 0 Å². The first kappa shape index (κ1) is 11.3. The van der Waals surface area contributed by atoms with Crippen LogP contribution in [0.3, 0.4) is 0 Å². The average molecular weight is 202 g/mol. The van der Waals surface area contributed by atoms with Crippen LogP contribution in [0.25, 0.3) is 0 Å². The zero-order chi connectivity index (χ0) is 11.3. The third-order valence-corrected chi connectivity index (χ3v) is 2.07. The predicted octanol–water partition coefficient (Wildman–Crippen LogP) is 1.34. The maximum atomic E-state index is 11.5. The summed E-state index contributed by atoms with van der Waals surface area (Å²) in [4.78, 5) is 11.5. The molecule has 3 nitrogen and oxygen atoms in total. The van der Waals surface area contributed by atoms with E-state index < -0.39 is 6.04 Å². The number of hydrogen-bond donors (Lipinski definition) is 2. The lowest BCUT2D eigenvalue weighted by molar-refractivity contribution is -0.117. The zero-order valence-corrected chi connectivity index (χ0v) is 8.66. The standard InChI is InChI=1S/C12H14N2O/c1-3-9-6-5-7-10(8-9)14-12(15)11(13)4-2/h1,5-8,11H,4,13H2,2H3,(H,14,15)/t11-/m1/s1. The Labute approximate surface area is 89.7 Å². The van der Waals surface area contributed by atoms with Gasteiger partial charge in [-0.25, -0.2) is 0 Å². The van der Waals surface area contributed by atoms with E-state index in [-0.39, 0.29) is 5.91 Å². The van der Waals surface area contributed by atoms with Crippen molar-refractivity contribution in [2.45, 2.75) is 19.4 Å². The molecule has 0 unspecified atom stereocenters. The van der Waals surface area contributed by atoms with Crippen molar-refractivity contribution < 1.29 is 4.79 Å². The lowest BCUT2D eigenvalue weighted by atomic mass is 10.2. The van der Waals surface area contributed by atoms with Gasteiger partial charge in [-0.3, -0.25) is 4.79 Å². The number of carbonyl (C=O) groups is 1. The van der Waals surface area contributed by atoms with Crippen LogP contribution in [0.5, 0.6) is 0 Å². The Kier molecular flexibility index (Phi) is 3.90. The number of nitrogens with one attached hydrogen (secondary N) is 1. The fourth-order valence-electron chi connectivity index (χ4n) is 1.11. The molecular weight excluding hydrogens is 188 g/mol. The minimum absolute atomic E-state index is 0.188. The van der Waals surface area contributed by atoms with Crippen molar-refractivity contribution in [1.29, 1.82) is 0 Å². The number of amides is 1. The van der Waals surface area contributed by atoms with E-state index in [0.29, 0.717) is 12.1 Å². The molecule has 0 saturated heterocycles. The normalized spacial score (nSPS) is 11.5. The highest BCUT2D eigenvalue weighted by atomic mass is 16.2. The van der Waals surface area contributed by atoms with Crippen molar-refractivity contribution in [3.05, 3.63) is 29.8 Å². The van der Waals surface area contributed by atoms with Crippen LogP contribution in [-0.2, 0) is 4.79 Å². The third kappa shape index (κ3) is 3.12. The molecule has 1 amide bonds. The van der Waals surface area contributed by atoms with E-state index in [1.165, 1.54) is 0 Å². The van der Waals surface area contributed by atoms with Crippen LogP contribution in [0.4, 0.5) is 5.69 Å². The monoisotopic (exact) mass is 202 g/mol. The quantitative estimate of drug-likeness (QED) is 0.727. The van der Waals surface area contributed by atoms with Crippen LogP contribution in [0.15, 0.2) is 24.3 Å². The summed E-state index contributed by atoms with van der Waals surface area (Å²) in [5, 5.41) is 2.71. The number of benzene rings is 1. The molecule has 3 heteroatoms. The Morgan fingerprint density at radius 3 is 3.00 bits per heavy atom. The lowest BCUT2D eigenvalue weighted by Gasteiger charge is -2.09. The summed E-state index contributed by atoms with van der Waals surface area (Å²) in [5.41, 5.74) is 7.00. The van der Waals surface area contributed by atoms with Crippen molar-refractivity contribution in [3.63, 3.8) is 0 Å². The van der Waals surface area contributed by atoms with Gasteiger partial charge in [0.2, 0.25) is 5.91 Å². The fraction of sp³-hybridized carbons (Fsp3) is 0.250. The van der Waals surface area contributed by atoms with Crippen LogP contribution in [0.1, 0.15) is 18.9 Å². The van der Waals surface area contributed by atoms with Crippen molar-refractivity contribution in [2.75, 3.05) is 5.32 Å². The third-order valence-electron chi connectivity index (χ3n) is 2.07. The SMILES string of the molecule is C#Cc1cccc(NC(=O)[C@H](N)CC)c1. The first-order valence-corrected chi connectivity index (χ1v) is 4.80. The molecule has 3 N–H and O–H groups in total. The predicted molar refractivity (Wildman–Crippen MR) is 61.3 cm³/mol. The average Bonchev–Trinajstić information content (AvgIpc) is 2.28. The molecule has 0 radical (unpaired) electrons. The largest absolute Gasteiger partial charge is 0.325 e. The lowest BCUT2D eigenvalue weighted by Crippen LogP contribution is -2.34. The Hall–Kier alpha value is -1.79. The molecule has 0 aliphatic carbocycles. The summed E-state index contributed by atoms with van der Waals surface area (Å²) in [6, 6.07) is 6.64. The summed E-state index contributed by atoms with van der Waals surface area (Å²) in [5.74, 6) is 2.31. The number of terminal acetylenes is 1. The summed E-state index contributed by atoms with van der Waals surface area (Å²) in [6.45, 7) is 1.86. The summed E-state index contributed by atoms with van der Waals surface area (Å²) in [6.07, 6.45) is 5.86. The van der Waals surface area contributed by atoms with Gasteiger partial charge in [-0.05, 0) is 24.6 Å². The molecule has 1 rings (SSSR count). The van der Waals surface area contributed by atoms with Gasteiger partial charge in [-0.1, -0.05) is 18.9 Å². The molecule has 1 aromatic carbocycles. The first-order chi connectivity index (χ1) is 7.17. The second kappa shape index (κ2) is 5.18. The van der Waals surface area contributed by atoms with Crippen molar-refractivity contribution >= 4 is 11.6 Å². The number of hydrogen-bond acceptors (Lipinski definition) is 2. The Bertz CT molecular complexity index is 393. The molecule has 0 spiro atoms. The highest BCUT2D eigenvalue weighted by Crippen LogP contribution is 2.10. The van der Waals surface area contributed by atoms with Crippen LogP contribution in [0.2, 0.25) is 0 Å². The van der Waals surface area contributed by atoms with Crippen LogP contribution in [-0.4, -0.2) is 11.9 Å². The molecule has 0 bridgehead atoms. The van der Waals surface area contributed by atoms with Gasteiger partial charge in [0.1, 0.15) is 0 Å². The summed E-state index contributed by atoms with van der Waals surface area (Å²) < 4.78 is 0. The Balaban J connectivity index is 2.73.